The van der Waals surface area contributed by atoms with E-state index in [-0.39, 0.29) is 5.97 Å². The van der Waals surface area contributed by atoms with Crippen LogP contribution in [0, 0.1) is 5.92 Å². The zero-order valence-electron chi connectivity index (χ0n) is 12.2. The average molecular weight is 343 g/mol. The minimum absolute atomic E-state index is 0.124. The summed E-state index contributed by atoms with van der Waals surface area (Å²) >= 11 is 3.47. The molecule has 4 nitrogen and oxygen atoms in total. The lowest BCUT2D eigenvalue weighted by molar-refractivity contribution is -0.156. The fourth-order valence-electron chi connectivity index (χ4n) is 2.55. The molecule has 1 N–H and O–H groups in total. The normalized spacial score (nSPS) is 27.5. The Morgan fingerprint density at radius 3 is 2.75 bits per heavy atom. The molecule has 0 aromatic heterocycles. The summed E-state index contributed by atoms with van der Waals surface area (Å²) in [6.07, 6.45) is 6.67. The molecule has 112 valence electrons. The Hall–Kier alpha value is -0.650. The van der Waals surface area contributed by atoms with Crippen molar-refractivity contribution in [2.75, 3.05) is 32.8 Å². The first-order valence-corrected chi connectivity index (χ1v) is 8.02. The van der Waals surface area contributed by atoms with Crippen molar-refractivity contribution in [3.8, 4) is 0 Å². The molecule has 1 aliphatic carbocycles. The van der Waals surface area contributed by atoms with Gasteiger partial charge in [0.2, 0.25) is 0 Å². The van der Waals surface area contributed by atoms with Gasteiger partial charge in [0.05, 0.1) is 6.61 Å². The van der Waals surface area contributed by atoms with Gasteiger partial charge in [-0.05, 0) is 18.4 Å². The molecule has 0 aromatic rings. The molecule has 1 fully saturated rings. The van der Waals surface area contributed by atoms with E-state index in [4.69, 9.17) is 4.74 Å². The van der Waals surface area contributed by atoms with Gasteiger partial charge in [0.1, 0.15) is 5.54 Å². The molecule has 2 rings (SSSR count). The molecule has 1 atom stereocenters. The van der Waals surface area contributed by atoms with Gasteiger partial charge in [-0.2, -0.15) is 0 Å². The van der Waals surface area contributed by atoms with E-state index in [2.05, 4.69) is 46.1 Å². The fraction of sp³-hybridized carbons (Fsp3) is 0.667. The van der Waals surface area contributed by atoms with Crippen molar-refractivity contribution in [3.05, 3.63) is 22.7 Å². The molecule has 0 unspecified atom stereocenters. The molecule has 0 amide bonds. The Bertz CT molecular complexity index is 414. The monoisotopic (exact) mass is 342 g/mol. The van der Waals surface area contributed by atoms with Crippen molar-refractivity contribution < 1.29 is 9.53 Å². The van der Waals surface area contributed by atoms with Crippen LogP contribution in [0.1, 0.15) is 20.3 Å². The van der Waals surface area contributed by atoms with Crippen LogP contribution in [0.2, 0.25) is 0 Å². The minimum Gasteiger partial charge on any atom is -0.464 e. The lowest BCUT2D eigenvalue weighted by Crippen LogP contribution is -2.60. The van der Waals surface area contributed by atoms with Crippen molar-refractivity contribution in [2.45, 2.75) is 25.8 Å². The van der Waals surface area contributed by atoms with Gasteiger partial charge in [-0.15, -0.1) is 0 Å². The summed E-state index contributed by atoms with van der Waals surface area (Å²) in [6, 6.07) is 0. The van der Waals surface area contributed by atoms with Crippen LogP contribution in [0.5, 0.6) is 0 Å². The molecule has 0 saturated carbocycles. The number of hydrogen-bond donors (Lipinski definition) is 1. The summed E-state index contributed by atoms with van der Waals surface area (Å²) < 4.78 is 6.57. The molecule has 5 heteroatoms. The quantitative estimate of drug-likeness (QED) is 0.794. The number of piperazine rings is 1. The van der Waals surface area contributed by atoms with Crippen LogP contribution in [-0.2, 0) is 9.53 Å². The van der Waals surface area contributed by atoms with Gasteiger partial charge in [-0.1, -0.05) is 41.9 Å². The van der Waals surface area contributed by atoms with Gasteiger partial charge in [0.15, 0.2) is 0 Å². The van der Waals surface area contributed by atoms with Crippen LogP contribution in [-0.4, -0.2) is 49.2 Å². The molecule has 20 heavy (non-hydrogen) atoms. The van der Waals surface area contributed by atoms with E-state index in [0.717, 1.165) is 30.7 Å². The van der Waals surface area contributed by atoms with Gasteiger partial charge in [0, 0.05) is 30.7 Å². The third-order valence-electron chi connectivity index (χ3n) is 3.71. The van der Waals surface area contributed by atoms with E-state index in [1.165, 1.54) is 0 Å². The highest BCUT2D eigenvalue weighted by atomic mass is 79.9. The highest BCUT2D eigenvalue weighted by molar-refractivity contribution is 9.11. The third kappa shape index (κ3) is 3.51. The second kappa shape index (κ2) is 6.87. The first kappa shape index (κ1) is 15.7. The van der Waals surface area contributed by atoms with Crippen molar-refractivity contribution in [2.24, 2.45) is 5.92 Å². The maximum atomic E-state index is 12.7. The number of ether oxygens (including phenoxy) is 1. The maximum Gasteiger partial charge on any atom is 0.330 e. The van der Waals surface area contributed by atoms with Crippen molar-refractivity contribution in [1.29, 1.82) is 0 Å². The second-order valence-electron chi connectivity index (χ2n) is 5.78. The molecular formula is C15H23BrN2O2. The molecule has 2 aliphatic rings. The summed E-state index contributed by atoms with van der Waals surface area (Å²) in [6.45, 7) is 8.15. The predicted octanol–water partition coefficient (Wildman–Crippen LogP) is 2.07. The fourth-order valence-corrected chi connectivity index (χ4v) is 2.85. The summed E-state index contributed by atoms with van der Waals surface area (Å²) in [7, 11) is 0. The first-order valence-electron chi connectivity index (χ1n) is 7.22. The molecule has 1 aliphatic heterocycles. The predicted molar refractivity (Wildman–Crippen MR) is 83.7 cm³/mol. The van der Waals surface area contributed by atoms with Gasteiger partial charge in [0.25, 0.3) is 0 Å². The first-order chi connectivity index (χ1) is 9.54. The molecular weight excluding hydrogens is 320 g/mol. The third-order valence-corrected chi connectivity index (χ3v) is 4.30. The molecule has 1 heterocycles. The minimum atomic E-state index is -0.631. The van der Waals surface area contributed by atoms with Gasteiger partial charge in [-0.25, -0.2) is 4.79 Å². The number of hydrogen-bond acceptors (Lipinski definition) is 4. The Morgan fingerprint density at radius 1 is 1.50 bits per heavy atom. The summed E-state index contributed by atoms with van der Waals surface area (Å²) in [5.41, 5.74) is -0.631. The summed E-state index contributed by atoms with van der Waals surface area (Å²) in [4.78, 5) is 14.9. The zero-order valence-corrected chi connectivity index (χ0v) is 13.8. The van der Waals surface area contributed by atoms with Gasteiger partial charge < -0.3 is 10.1 Å². The number of carbonyl (C=O) groups is 1. The van der Waals surface area contributed by atoms with Crippen LogP contribution in [0.25, 0.3) is 0 Å². The second-order valence-corrected chi connectivity index (χ2v) is 6.70. The summed E-state index contributed by atoms with van der Waals surface area (Å²) in [5.74, 6) is 0.231. The Morgan fingerprint density at radius 2 is 2.20 bits per heavy atom. The lowest BCUT2D eigenvalue weighted by atomic mass is 9.88. The van der Waals surface area contributed by atoms with E-state index >= 15 is 0 Å². The van der Waals surface area contributed by atoms with E-state index in [1.54, 1.807) is 0 Å². The Kier molecular flexibility index (Phi) is 5.41. The van der Waals surface area contributed by atoms with Crippen LogP contribution in [0.4, 0.5) is 0 Å². The Labute approximate surface area is 129 Å². The molecule has 0 radical (unpaired) electrons. The largest absolute Gasteiger partial charge is 0.464 e. The van der Waals surface area contributed by atoms with Crippen molar-refractivity contribution in [3.63, 3.8) is 0 Å². The average Bonchev–Trinajstić information content (AvgIpc) is 2.47. The smallest absolute Gasteiger partial charge is 0.330 e. The SMILES string of the molecule is CC(C)COC(=O)[C@]1(N2CCNCC2)C=CC(Br)=CC1. The number of rotatable bonds is 4. The zero-order chi connectivity index (χ0) is 14.6. The van der Waals surface area contributed by atoms with Crippen LogP contribution in [0.3, 0.4) is 0 Å². The van der Waals surface area contributed by atoms with Gasteiger partial charge in [-0.3, -0.25) is 4.90 Å². The highest BCUT2D eigenvalue weighted by Crippen LogP contribution is 2.31. The van der Waals surface area contributed by atoms with E-state index < -0.39 is 5.54 Å². The topological polar surface area (TPSA) is 41.6 Å². The molecule has 0 aromatic carbocycles. The van der Waals surface area contributed by atoms with Crippen LogP contribution in [0.15, 0.2) is 22.7 Å². The number of nitrogens with zero attached hydrogens (tertiary/aromatic N) is 1. The number of allylic oxidation sites excluding steroid dienone is 2. The number of carbonyl (C=O) groups excluding carboxylic acids is 1. The number of halogens is 1. The number of esters is 1. The number of nitrogens with one attached hydrogen (secondary N) is 1. The molecule has 0 spiro atoms. The molecule has 1 saturated heterocycles. The van der Waals surface area contributed by atoms with E-state index in [0.29, 0.717) is 18.9 Å². The summed E-state index contributed by atoms with van der Waals surface area (Å²) in [5, 5.41) is 3.33. The standard InChI is InChI=1S/C15H23BrN2O2/c1-12(2)11-20-14(19)15(5-3-13(16)4-6-15)18-9-7-17-8-10-18/h3-5,12,17H,6-11H2,1-2H3/t15-/m0/s1. The lowest BCUT2D eigenvalue weighted by Gasteiger charge is -2.42. The van der Waals surface area contributed by atoms with E-state index in [1.807, 2.05) is 12.2 Å². The highest BCUT2D eigenvalue weighted by Gasteiger charge is 2.44. The Balaban J connectivity index is 2.16. The van der Waals surface area contributed by atoms with E-state index in [9.17, 15) is 4.79 Å². The van der Waals surface area contributed by atoms with Crippen molar-refractivity contribution >= 4 is 21.9 Å². The van der Waals surface area contributed by atoms with Crippen LogP contribution >= 0.6 is 15.9 Å². The van der Waals surface area contributed by atoms with Crippen LogP contribution < -0.4 is 5.32 Å². The van der Waals surface area contributed by atoms with Gasteiger partial charge >= 0.3 is 5.97 Å². The maximum absolute atomic E-state index is 12.7. The molecule has 0 bridgehead atoms. The van der Waals surface area contributed by atoms with Crippen molar-refractivity contribution in [1.82, 2.24) is 10.2 Å².